The number of para-hydroxylation sites is 1. The van der Waals surface area contributed by atoms with Gasteiger partial charge in [-0.1, -0.05) is 54.6 Å². The van der Waals surface area contributed by atoms with Crippen molar-refractivity contribution in [2.75, 3.05) is 5.32 Å². The van der Waals surface area contributed by atoms with E-state index in [1.807, 2.05) is 41.8 Å². The van der Waals surface area contributed by atoms with Gasteiger partial charge in [-0.15, -0.1) is 11.3 Å². The highest BCUT2D eigenvalue weighted by molar-refractivity contribution is 7.91. The van der Waals surface area contributed by atoms with Gasteiger partial charge in [-0.05, 0) is 58.0 Å². The summed E-state index contributed by atoms with van der Waals surface area (Å²) in [5, 5.41) is 7.92. The van der Waals surface area contributed by atoms with E-state index in [9.17, 15) is 18.0 Å². The van der Waals surface area contributed by atoms with Crippen LogP contribution in [-0.2, 0) is 26.0 Å². The first-order valence-corrected chi connectivity index (χ1v) is 13.8. The van der Waals surface area contributed by atoms with Crippen LogP contribution in [0.5, 0.6) is 0 Å². The second kappa shape index (κ2) is 10.9. The van der Waals surface area contributed by atoms with E-state index in [4.69, 9.17) is 0 Å². The van der Waals surface area contributed by atoms with Crippen LogP contribution in [0.15, 0.2) is 99.2 Å². The summed E-state index contributed by atoms with van der Waals surface area (Å²) < 4.78 is 29.1. The summed E-state index contributed by atoms with van der Waals surface area (Å²) in [6.07, 6.45) is 0.190. The van der Waals surface area contributed by atoms with Gasteiger partial charge in [-0.3, -0.25) is 9.59 Å². The SMILES string of the molecule is O=C(Nc1ccccc1)C(=O)[C@H](Cc1ccccc1)[C@@H](NS(=O)(=O)c1cccs1)c1ccsc1. The molecule has 2 aromatic heterocycles. The quantitative estimate of drug-likeness (QED) is 0.297. The van der Waals surface area contributed by atoms with E-state index in [2.05, 4.69) is 10.0 Å². The average molecular weight is 511 g/mol. The van der Waals surface area contributed by atoms with Crippen molar-refractivity contribution >= 4 is 50.1 Å². The van der Waals surface area contributed by atoms with Gasteiger partial charge in [0.2, 0.25) is 5.78 Å². The largest absolute Gasteiger partial charge is 0.319 e. The second-order valence-electron chi connectivity index (χ2n) is 7.57. The van der Waals surface area contributed by atoms with Crippen molar-refractivity contribution in [3.63, 3.8) is 0 Å². The van der Waals surface area contributed by atoms with Gasteiger partial charge < -0.3 is 5.32 Å². The van der Waals surface area contributed by atoms with Crippen LogP contribution >= 0.6 is 22.7 Å². The highest BCUT2D eigenvalue weighted by Crippen LogP contribution is 2.31. The van der Waals surface area contributed by atoms with Crippen molar-refractivity contribution in [1.29, 1.82) is 0 Å². The van der Waals surface area contributed by atoms with Crippen LogP contribution in [0, 0.1) is 5.92 Å². The Morgan fingerprint density at radius 2 is 1.56 bits per heavy atom. The molecule has 2 N–H and O–H groups in total. The Morgan fingerprint density at radius 3 is 2.18 bits per heavy atom. The van der Waals surface area contributed by atoms with Crippen LogP contribution in [-0.4, -0.2) is 20.1 Å². The Kier molecular flexibility index (Phi) is 7.69. The third-order valence-electron chi connectivity index (χ3n) is 5.24. The molecule has 6 nitrogen and oxygen atoms in total. The van der Waals surface area contributed by atoms with Gasteiger partial charge in [0.25, 0.3) is 15.9 Å². The van der Waals surface area contributed by atoms with Gasteiger partial charge in [0.05, 0.1) is 12.0 Å². The highest BCUT2D eigenvalue weighted by Gasteiger charge is 2.37. The minimum absolute atomic E-state index is 0.146. The van der Waals surface area contributed by atoms with Gasteiger partial charge in [-0.25, -0.2) is 13.1 Å². The van der Waals surface area contributed by atoms with Gasteiger partial charge in [0.15, 0.2) is 0 Å². The summed E-state index contributed by atoms with van der Waals surface area (Å²) in [4.78, 5) is 26.5. The number of thiophene rings is 2. The molecule has 2 atom stereocenters. The Labute approximate surface area is 206 Å². The molecular formula is C25H22N2O4S3. The molecule has 0 fully saturated rings. The number of nitrogens with one attached hydrogen (secondary N) is 2. The first-order valence-electron chi connectivity index (χ1n) is 10.5. The molecule has 9 heteroatoms. The number of hydrogen-bond acceptors (Lipinski definition) is 6. The lowest BCUT2D eigenvalue weighted by molar-refractivity contribution is -0.137. The van der Waals surface area contributed by atoms with Gasteiger partial charge in [0, 0.05) is 5.69 Å². The Hall–Kier alpha value is -3.11. The van der Waals surface area contributed by atoms with Crippen LogP contribution in [0.2, 0.25) is 0 Å². The third-order valence-corrected chi connectivity index (χ3v) is 8.78. The fourth-order valence-electron chi connectivity index (χ4n) is 3.59. The molecule has 0 saturated heterocycles. The zero-order valence-electron chi connectivity index (χ0n) is 18.0. The predicted molar refractivity (Wildman–Crippen MR) is 135 cm³/mol. The minimum Gasteiger partial charge on any atom is -0.319 e. The number of hydrogen-bond donors (Lipinski definition) is 2. The van der Waals surface area contributed by atoms with Gasteiger partial charge in [0.1, 0.15) is 4.21 Å². The number of amides is 1. The van der Waals surface area contributed by atoms with Crippen molar-refractivity contribution in [3.8, 4) is 0 Å². The number of Topliss-reactive ketones (excluding diaryl/α,β-unsaturated/α-hetero) is 1. The highest BCUT2D eigenvalue weighted by atomic mass is 32.2. The number of sulfonamides is 1. The lowest BCUT2D eigenvalue weighted by atomic mass is 9.85. The maximum atomic E-state index is 13.5. The number of ketones is 1. The summed E-state index contributed by atoms with van der Waals surface area (Å²) in [6, 6.07) is 22.0. The maximum absolute atomic E-state index is 13.5. The number of carbonyl (C=O) groups is 2. The zero-order chi connectivity index (χ0) is 24.0. The molecule has 4 aromatic rings. The topological polar surface area (TPSA) is 92.3 Å². The smallest absolute Gasteiger partial charge is 0.292 e. The monoisotopic (exact) mass is 510 g/mol. The molecule has 34 heavy (non-hydrogen) atoms. The Balaban J connectivity index is 1.70. The van der Waals surface area contributed by atoms with E-state index in [0.29, 0.717) is 11.3 Å². The summed E-state index contributed by atoms with van der Waals surface area (Å²) in [5.41, 5.74) is 1.95. The van der Waals surface area contributed by atoms with E-state index in [1.54, 1.807) is 47.2 Å². The normalized spacial score (nSPS) is 13.2. The molecular weight excluding hydrogens is 488 g/mol. The van der Waals surface area contributed by atoms with Crippen LogP contribution < -0.4 is 10.0 Å². The molecule has 4 rings (SSSR count). The van der Waals surface area contributed by atoms with Crippen molar-refractivity contribution in [1.82, 2.24) is 4.72 Å². The fourth-order valence-corrected chi connectivity index (χ4v) is 6.56. The third kappa shape index (κ3) is 5.87. The maximum Gasteiger partial charge on any atom is 0.292 e. The van der Waals surface area contributed by atoms with E-state index >= 15 is 0 Å². The number of benzene rings is 2. The molecule has 0 bridgehead atoms. The lowest BCUT2D eigenvalue weighted by Crippen LogP contribution is -2.41. The minimum atomic E-state index is -3.91. The average Bonchev–Trinajstić information content (AvgIpc) is 3.57. The molecule has 174 valence electrons. The van der Waals surface area contributed by atoms with Crippen molar-refractivity contribution in [2.24, 2.45) is 5.92 Å². The Morgan fingerprint density at radius 1 is 0.853 bits per heavy atom. The molecule has 2 aromatic carbocycles. The first-order chi connectivity index (χ1) is 16.4. The molecule has 0 aliphatic heterocycles. The van der Waals surface area contributed by atoms with Crippen molar-refractivity contribution in [3.05, 3.63) is 106 Å². The molecule has 0 radical (unpaired) electrons. The van der Waals surface area contributed by atoms with Crippen LogP contribution in [0.3, 0.4) is 0 Å². The molecule has 0 spiro atoms. The first kappa shape index (κ1) is 24.0. The van der Waals surface area contributed by atoms with E-state index < -0.39 is 33.7 Å². The molecule has 0 saturated carbocycles. The summed E-state index contributed by atoms with van der Waals surface area (Å²) >= 11 is 2.48. The second-order valence-corrected chi connectivity index (χ2v) is 11.2. The predicted octanol–water partition coefficient (Wildman–Crippen LogP) is 4.90. The summed E-state index contributed by atoms with van der Waals surface area (Å²) in [7, 11) is -3.91. The van der Waals surface area contributed by atoms with Gasteiger partial charge >= 0.3 is 0 Å². The lowest BCUT2D eigenvalue weighted by Gasteiger charge is -2.26. The zero-order valence-corrected chi connectivity index (χ0v) is 20.4. The fraction of sp³-hybridized carbons (Fsp3) is 0.120. The molecule has 0 aliphatic rings. The Bertz CT molecular complexity index is 1320. The van der Waals surface area contributed by atoms with Crippen molar-refractivity contribution in [2.45, 2.75) is 16.7 Å². The van der Waals surface area contributed by atoms with Crippen LogP contribution in [0.4, 0.5) is 5.69 Å². The number of anilines is 1. The van der Waals surface area contributed by atoms with Crippen LogP contribution in [0.1, 0.15) is 17.2 Å². The number of carbonyl (C=O) groups excluding carboxylic acids is 2. The van der Waals surface area contributed by atoms with Gasteiger partial charge in [-0.2, -0.15) is 11.3 Å². The van der Waals surface area contributed by atoms with E-state index in [0.717, 1.165) is 16.9 Å². The molecule has 0 unspecified atom stereocenters. The van der Waals surface area contributed by atoms with E-state index in [-0.39, 0.29) is 10.6 Å². The molecule has 0 aliphatic carbocycles. The number of rotatable bonds is 10. The van der Waals surface area contributed by atoms with E-state index in [1.165, 1.54) is 17.4 Å². The standard InChI is InChI=1S/C25H22N2O4S3/c28-24(25(29)26-20-10-5-2-6-11-20)21(16-18-8-3-1-4-9-18)23(19-13-15-32-17-19)27-34(30,31)22-12-7-14-33-22/h1-15,17,21,23,27H,16H2,(H,26,29)/t21-,23+/m1/s1. The summed E-state index contributed by atoms with van der Waals surface area (Å²) in [6.45, 7) is 0. The van der Waals surface area contributed by atoms with Crippen LogP contribution in [0.25, 0.3) is 0 Å². The molecule has 2 heterocycles. The molecule has 1 amide bonds. The van der Waals surface area contributed by atoms with Crippen molar-refractivity contribution < 1.29 is 18.0 Å². The summed E-state index contributed by atoms with van der Waals surface area (Å²) in [5.74, 6) is -2.45.